The van der Waals surface area contributed by atoms with Gasteiger partial charge < -0.3 is 11.3 Å². The largest absolute Gasteiger partial charge is 0.505 e. The second kappa shape index (κ2) is 7.64. The topological polar surface area (TPSA) is 96.8 Å². The van der Waals surface area contributed by atoms with Crippen molar-refractivity contribution in [3.8, 4) is 28.6 Å². The van der Waals surface area contributed by atoms with Crippen LogP contribution in [0.15, 0.2) is 66.9 Å². The van der Waals surface area contributed by atoms with Crippen LogP contribution in [0, 0.1) is 17.1 Å². The third kappa shape index (κ3) is 3.34. The lowest BCUT2D eigenvalue weighted by molar-refractivity contribution is 0.432. The summed E-state index contributed by atoms with van der Waals surface area (Å²) < 4.78 is 14.9. The maximum absolute atomic E-state index is 13.3. The van der Waals surface area contributed by atoms with Crippen LogP contribution in [0.2, 0.25) is 0 Å². The minimum atomic E-state index is -0.671. The lowest BCUT2D eigenvalue weighted by atomic mass is 9.99. The molecule has 7 heteroatoms. The molecule has 27 heavy (non-hydrogen) atoms. The number of aromatic nitrogens is 2. The number of hydrogen-bond acceptors (Lipinski definition) is 4. The van der Waals surface area contributed by atoms with Gasteiger partial charge in [0, 0.05) is 11.5 Å². The van der Waals surface area contributed by atoms with Gasteiger partial charge in [0.1, 0.15) is 0 Å². The first-order valence-corrected chi connectivity index (χ1v) is 7.63. The van der Waals surface area contributed by atoms with Crippen LogP contribution in [0.4, 0.5) is 9.09 Å². The van der Waals surface area contributed by atoms with Gasteiger partial charge in [-0.2, -0.15) is 10.4 Å². The van der Waals surface area contributed by atoms with Crippen LogP contribution in [-0.4, -0.2) is 14.9 Å². The van der Waals surface area contributed by atoms with Gasteiger partial charge in [0.25, 0.3) is 0 Å². The first-order chi connectivity index (χ1) is 12.2. The average Bonchev–Trinajstić information content (AvgIpc) is 3.07. The Hall–Kier alpha value is -3.76. The summed E-state index contributed by atoms with van der Waals surface area (Å²) in [5, 5.41) is 24.1. The molecule has 0 saturated heterocycles. The molecular weight excluding hydrogens is 350 g/mol. The molecule has 0 bridgehead atoms. The summed E-state index contributed by atoms with van der Waals surface area (Å²) in [5.41, 5.74) is 3.78. The Bertz CT molecular complexity index is 1150. The molecule has 1 aromatic heterocycles. The zero-order chi connectivity index (χ0) is 17.4. The van der Waals surface area contributed by atoms with Crippen LogP contribution in [0.3, 0.4) is 0 Å². The van der Waals surface area contributed by atoms with Gasteiger partial charge in [0.2, 0.25) is 0 Å². The second-order valence-electron chi connectivity index (χ2n) is 5.62. The number of nitrogens with zero attached hydrogens (tertiary/aromatic N) is 3. The molecule has 0 unspecified atom stereocenters. The Labute approximate surface area is 153 Å². The van der Waals surface area contributed by atoms with Gasteiger partial charge in [-0.25, -0.2) is 9.07 Å². The number of rotatable bonds is 2. The molecule has 0 aliphatic heterocycles. The monoisotopic (exact) mass is 366 g/mol. The van der Waals surface area contributed by atoms with Crippen molar-refractivity contribution in [1.29, 1.82) is 5.26 Å². The van der Waals surface area contributed by atoms with Gasteiger partial charge in [-0.3, -0.25) is 4.70 Å². The van der Waals surface area contributed by atoms with Gasteiger partial charge >= 0.3 is 0 Å². The van der Waals surface area contributed by atoms with E-state index in [-0.39, 0.29) is 10.9 Å². The minimum Gasteiger partial charge on any atom is -0.505 e. The Morgan fingerprint density at radius 3 is 2.56 bits per heavy atom. The molecule has 4 aromatic rings. The minimum absolute atomic E-state index is 0. The molecule has 0 radical (unpaired) electrons. The summed E-state index contributed by atoms with van der Waals surface area (Å²) in [6.07, 6.45) is 1.70. The number of fused-ring (bicyclic) bond motifs is 1. The van der Waals surface area contributed by atoms with Crippen molar-refractivity contribution in [1.82, 2.24) is 15.9 Å². The molecule has 3 aromatic carbocycles. The predicted octanol–water partition coefficient (Wildman–Crippen LogP) is 4.72. The van der Waals surface area contributed by atoms with Crippen LogP contribution < -0.4 is 6.15 Å². The van der Waals surface area contributed by atoms with Crippen molar-refractivity contribution >= 4 is 10.9 Å². The zero-order valence-electron chi connectivity index (χ0n) is 14.1. The first kappa shape index (κ1) is 19.6. The van der Waals surface area contributed by atoms with Crippen LogP contribution in [0.25, 0.3) is 27.7 Å². The smallest absolute Gasteiger partial charge is 0.164 e. The fraction of sp³-hybridized carbons (Fsp3) is 0. The van der Waals surface area contributed by atoms with Crippen molar-refractivity contribution in [2.24, 2.45) is 0 Å². The molecule has 0 aliphatic rings. The van der Waals surface area contributed by atoms with Gasteiger partial charge in [-0.05, 0) is 41.5 Å². The molecular formula is C20H16F2N4O. The molecule has 0 fully saturated rings. The highest BCUT2D eigenvalue weighted by Gasteiger charge is 2.10. The van der Waals surface area contributed by atoms with Crippen molar-refractivity contribution in [3.63, 3.8) is 0 Å². The van der Waals surface area contributed by atoms with E-state index in [0.29, 0.717) is 11.3 Å². The van der Waals surface area contributed by atoms with E-state index >= 15 is 0 Å². The van der Waals surface area contributed by atoms with Crippen molar-refractivity contribution in [2.75, 3.05) is 0 Å². The third-order valence-electron chi connectivity index (χ3n) is 4.10. The van der Waals surface area contributed by atoms with Gasteiger partial charge in [0.15, 0.2) is 11.6 Å². The fourth-order valence-electron chi connectivity index (χ4n) is 2.87. The predicted molar refractivity (Wildman–Crippen MR) is 100 cm³/mol. The highest BCUT2D eigenvalue weighted by molar-refractivity contribution is 5.86. The van der Waals surface area contributed by atoms with Crippen LogP contribution in [0.1, 0.15) is 5.56 Å². The summed E-state index contributed by atoms with van der Waals surface area (Å²) in [6.45, 7) is 0. The first-order valence-electron chi connectivity index (χ1n) is 7.63. The molecule has 0 atom stereocenters. The van der Waals surface area contributed by atoms with Gasteiger partial charge in [-0.1, -0.05) is 24.3 Å². The number of phenolic OH excluding ortho intramolecular Hbond substituents is 1. The number of aromatic hydroxyl groups is 1. The second-order valence-corrected chi connectivity index (χ2v) is 5.62. The molecule has 0 aliphatic carbocycles. The normalized spacial score (nSPS) is 9.93. The van der Waals surface area contributed by atoms with Gasteiger partial charge in [0.05, 0.1) is 29.0 Å². The van der Waals surface area contributed by atoms with Crippen LogP contribution >= 0.6 is 0 Å². The Kier molecular flexibility index (Phi) is 5.54. The van der Waals surface area contributed by atoms with E-state index in [2.05, 4.69) is 11.2 Å². The van der Waals surface area contributed by atoms with E-state index in [1.54, 1.807) is 23.0 Å². The molecule has 1 heterocycles. The molecule has 4 rings (SSSR count). The van der Waals surface area contributed by atoms with Crippen molar-refractivity contribution in [3.05, 3.63) is 78.2 Å². The summed E-state index contributed by atoms with van der Waals surface area (Å²) in [4.78, 5) is 0. The van der Waals surface area contributed by atoms with E-state index in [9.17, 15) is 14.8 Å². The standard InChI is InChI=1S/C20H12FN3O.FH.H3N/c21-18-7-6-16(10-20(18)25)24-19-8-5-13(9-15(19)12-23-24)17-4-2-1-3-14(17)11-22;;/h1-10,12,25H;1H;1H3. The Morgan fingerprint density at radius 1 is 1.04 bits per heavy atom. The molecule has 4 N–H and O–H groups in total. The Morgan fingerprint density at radius 2 is 1.81 bits per heavy atom. The molecule has 0 spiro atoms. The van der Waals surface area contributed by atoms with Crippen molar-refractivity contribution in [2.45, 2.75) is 0 Å². The number of hydrogen-bond donors (Lipinski definition) is 2. The quantitative estimate of drug-likeness (QED) is 0.536. The summed E-state index contributed by atoms with van der Waals surface area (Å²) in [6, 6.07) is 19.5. The van der Waals surface area contributed by atoms with Gasteiger partial charge in [-0.15, -0.1) is 0 Å². The average molecular weight is 366 g/mol. The van der Waals surface area contributed by atoms with E-state index < -0.39 is 11.6 Å². The fourth-order valence-corrected chi connectivity index (χ4v) is 2.87. The molecule has 0 amide bonds. The van der Waals surface area contributed by atoms with E-state index in [4.69, 9.17) is 0 Å². The summed E-state index contributed by atoms with van der Waals surface area (Å²) in [7, 11) is 0. The SMILES string of the molecule is F.N.N#Cc1ccccc1-c1ccc2c(cnn2-c2ccc(F)c(O)c2)c1. The highest BCUT2D eigenvalue weighted by Crippen LogP contribution is 2.29. The van der Waals surface area contributed by atoms with Crippen LogP contribution in [-0.2, 0) is 0 Å². The number of halogens is 2. The maximum atomic E-state index is 13.3. The van der Waals surface area contributed by atoms with E-state index in [0.717, 1.165) is 22.0 Å². The number of benzene rings is 3. The lowest BCUT2D eigenvalue weighted by Gasteiger charge is -2.07. The zero-order valence-corrected chi connectivity index (χ0v) is 14.1. The highest BCUT2D eigenvalue weighted by atomic mass is 19.1. The molecule has 0 saturated carbocycles. The summed E-state index contributed by atoms with van der Waals surface area (Å²) in [5.74, 6) is -1.09. The Balaban J connectivity index is 0.00000131. The number of phenols is 1. The molecule has 5 nitrogen and oxygen atoms in total. The maximum Gasteiger partial charge on any atom is 0.164 e. The summed E-state index contributed by atoms with van der Waals surface area (Å²) >= 11 is 0. The number of nitriles is 1. The van der Waals surface area contributed by atoms with Crippen LogP contribution in [0.5, 0.6) is 5.75 Å². The third-order valence-corrected chi connectivity index (χ3v) is 4.10. The van der Waals surface area contributed by atoms with E-state index in [1.165, 1.54) is 12.1 Å². The van der Waals surface area contributed by atoms with Crippen molar-refractivity contribution < 1.29 is 14.2 Å². The lowest BCUT2D eigenvalue weighted by Crippen LogP contribution is -1.96. The molecule has 136 valence electrons. The van der Waals surface area contributed by atoms with E-state index in [1.807, 2.05) is 36.4 Å².